The van der Waals surface area contributed by atoms with Gasteiger partial charge >= 0.3 is 12.2 Å². The van der Waals surface area contributed by atoms with Crippen LogP contribution in [0.5, 0.6) is 0 Å². The molecule has 0 aliphatic rings. The van der Waals surface area contributed by atoms with Crippen molar-refractivity contribution in [1.29, 1.82) is 0 Å². The number of carbonyl (C=O) groups excluding carboxylic acids is 1. The van der Waals surface area contributed by atoms with E-state index in [2.05, 4.69) is 0 Å². The zero-order chi connectivity index (χ0) is 15.5. The highest BCUT2D eigenvalue weighted by atomic mass is 19.4. The minimum Gasteiger partial charge on any atom is -0.275 e. The molecule has 0 saturated carbocycles. The van der Waals surface area contributed by atoms with Crippen LogP contribution in [0.25, 0.3) is 0 Å². The lowest BCUT2D eigenvalue weighted by atomic mass is 10.1. The van der Waals surface area contributed by atoms with Crippen molar-refractivity contribution >= 4 is 17.4 Å². The van der Waals surface area contributed by atoms with Gasteiger partial charge in [-0.3, -0.25) is 10.3 Å². The minimum absolute atomic E-state index is 0.275. The SMILES string of the molecule is NNC(=O)N(c1ccccc1)c1ccccc1C(F)(F)F. The summed E-state index contributed by atoms with van der Waals surface area (Å²) < 4.78 is 39.3. The first-order valence-corrected chi connectivity index (χ1v) is 5.97. The average molecular weight is 295 g/mol. The molecule has 2 aromatic carbocycles. The van der Waals surface area contributed by atoms with E-state index in [1.54, 1.807) is 18.2 Å². The number of alkyl halides is 3. The second-order valence-electron chi connectivity index (χ2n) is 4.14. The summed E-state index contributed by atoms with van der Waals surface area (Å²) in [7, 11) is 0. The zero-order valence-corrected chi connectivity index (χ0v) is 10.8. The van der Waals surface area contributed by atoms with E-state index in [0.29, 0.717) is 0 Å². The molecule has 0 saturated heterocycles. The Morgan fingerprint density at radius 2 is 1.57 bits per heavy atom. The van der Waals surface area contributed by atoms with Crippen LogP contribution in [0.3, 0.4) is 0 Å². The average Bonchev–Trinajstić information content (AvgIpc) is 2.48. The van der Waals surface area contributed by atoms with Gasteiger partial charge in [-0.2, -0.15) is 13.2 Å². The predicted octanol–water partition coefficient (Wildman–Crippen LogP) is 3.43. The number of hydrazine groups is 1. The highest BCUT2D eigenvalue weighted by Gasteiger charge is 2.36. The van der Waals surface area contributed by atoms with Gasteiger partial charge in [0.1, 0.15) is 0 Å². The van der Waals surface area contributed by atoms with Gasteiger partial charge in [0.05, 0.1) is 16.9 Å². The Balaban J connectivity index is 2.61. The minimum atomic E-state index is -4.58. The van der Waals surface area contributed by atoms with Crippen LogP contribution in [0.2, 0.25) is 0 Å². The van der Waals surface area contributed by atoms with Gasteiger partial charge in [-0.05, 0) is 24.3 Å². The number of para-hydroxylation sites is 2. The first kappa shape index (κ1) is 14.9. The summed E-state index contributed by atoms with van der Waals surface area (Å²) in [6, 6.07) is 11.9. The van der Waals surface area contributed by atoms with Crippen molar-refractivity contribution in [2.24, 2.45) is 5.84 Å². The zero-order valence-electron chi connectivity index (χ0n) is 10.8. The molecular formula is C14H12F3N3O. The van der Waals surface area contributed by atoms with Crippen molar-refractivity contribution in [3.8, 4) is 0 Å². The second-order valence-corrected chi connectivity index (χ2v) is 4.14. The number of halogens is 3. The lowest BCUT2D eigenvalue weighted by Crippen LogP contribution is -2.41. The fraction of sp³-hybridized carbons (Fsp3) is 0.0714. The molecule has 0 aliphatic heterocycles. The van der Waals surface area contributed by atoms with Crippen molar-refractivity contribution in [2.75, 3.05) is 4.90 Å². The van der Waals surface area contributed by atoms with Crippen LogP contribution in [0, 0.1) is 0 Å². The van der Waals surface area contributed by atoms with E-state index in [-0.39, 0.29) is 11.4 Å². The summed E-state index contributed by atoms with van der Waals surface area (Å²) in [5.41, 5.74) is 0.924. The van der Waals surface area contributed by atoms with Crippen LogP contribution in [0.15, 0.2) is 54.6 Å². The summed E-state index contributed by atoms with van der Waals surface area (Å²) >= 11 is 0. The number of nitrogens with two attached hydrogens (primary N) is 1. The summed E-state index contributed by atoms with van der Waals surface area (Å²) in [6.45, 7) is 0. The Labute approximate surface area is 118 Å². The smallest absolute Gasteiger partial charge is 0.275 e. The number of nitrogens with one attached hydrogen (secondary N) is 1. The van der Waals surface area contributed by atoms with Crippen LogP contribution >= 0.6 is 0 Å². The van der Waals surface area contributed by atoms with E-state index >= 15 is 0 Å². The second kappa shape index (κ2) is 5.84. The number of hydrogen-bond donors (Lipinski definition) is 2. The number of anilines is 2. The van der Waals surface area contributed by atoms with Crippen molar-refractivity contribution in [3.05, 3.63) is 60.2 Å². The Hall–Kier alpha value is -2.54. The standard InChI is InChI=1S/C14H12F3N3O/c15-14(16,17)11-8-4-5-9-12(11)20(13(21)19-18)10-6-2-1-3-7-10/h1-9H,18H2,(H,19,21). The molecule has 0 spiro atoms. The molecule has 4 nitrogen and oxygen atoms in total. The first-order valence-electron chi connectivity index (χ1n) is 5.97. The van der Waals surface area contributed by atoms with Gasteiger partial charge in [0, 0.05) is 0 Å². The molecule has 0 radical (unpaired) electrons. The van der Waals surface area contributed by atoms with Crippen LogP contribution in [-0.4, -0.2) is 6.03 Å². The van der Waals surface area contributed by atoms with Gasteiger partial charge in [-0.15, -0.1) is 0 Å². The fourth-order valence-electron chi connectivity index (χ4n) is 1.92. The van der Waals surface area contributed by atoms with Gasteiger partial charge in [0.2, 0.25) is 0 Å². The maximum Gasteiger partial charge on any atom is 0.418 e. The van der Waals surface area contributed by atoms with Gasteiger partial charge in [-0.1, -0.05) is 30.3 Å². The number of carbonyl (C=O) groups is 1. The molecule has 2 aromatic rings. The van der Waals surface area contributed by atoms with Gasteiger partial charge in [0.15, 0.2) is 0 Å². The molecule has 0 fully saturated rings. The topological polar surface area (TPSA) is 58.4 Å². The van der Waals surface area contributed by atoms with Crippen molar-refractivity contribution in [2.45, 2.75) is 6.18 Å². The van der Waals surface area contributed by atoms with Crippen molar-refractivity contribution in [3.63, 3.8) is 0 Å². The van der Waals surface area contributed by atoms with Crippen LogP contribution < -0.4 is 16.2 Å². The first-order chi connectivity index (χ1) is 9.95. The van der Waals surface area contributed by atoms with Crippen LogP contribution in [0.4, 0.5) is 29.3 Å². The predicted molar refractivity (Wildman–Crippen MR) is 72.7 cm³/mol. The third-order valence-electron chi connectivity index (χ3n) is 2.79. The highest BCUT2D eigenvalue weighted by molar-refractivity contribution is 5.99. The van der Waals surface area contributed by atoms with E-state index in [1.165, 1.54) is 30.3 Å². The van der Waals surface area contributed by atoms with Gasteiger partial charge < -0.3 is 0 Å². The van der Waals surface area contributed by atoms with Crippen LogP contribution in [-0.2, 0) is 6.18 Å². The third-order valence-corrected chi connectivity index (χ3v) is 2.79. The summed E-state index contributed by atoms with van der Waals surface area (Å²) in [5.74, 6) is 5.08. The number of benzene rings is 2. The van der Waals surface area contributed by atoms with E-state index in [4.69, 9.17) is 5.84 Å². The number of hydrogen-bond acceptors (Lipinski definition) is 2. The largest absolute Gasteiger partial charge is 0.418 e. The molecule has 0 unspecified atom stereocenters. The fourth-order valence-corrected chi connectivity index (χ4v) is 1.92. The van der Waals surface area contributed by atoms with E-state index < -0.39 is 17.8 Å². The molecule has 110 valence electrons. The molecule has 0 aliphatic carbocycles. The van der Waals surface area contributed by atoms with E-state index in [1.807, 2.05) is 5.43 Å². The molecule has 2 rings (SSSR count). The molecular weight excluding hydrogens is 283 g/mol. The molecule has 7 heteroatoms. The Kier molecular flexibility index (Phi) is 4.13. The Bertz CT molecular complexity index is 629. The normalized spacial score (nSPS) is 11.0. The lowest BCUT2D eigenvalue weighted by Gasteiger charge is -2.25. The van der Waals surface area contributed by atoms with Crippen LogP contribution in [0.1, 0.15) is 5.56 Å². The molecule has 2 amide bonds. The summed E-state index contributed by atoms with van der Waals surface area (Å²) in [5, 5.41) is 0. The van der Waals surface area contributed by atoms with Crippen molar-refractivity contribution in [1.82, 2.24) is 5.43 Å². The van der Waals surface area contributed by atoms with Gasteiger partial charge in [-0.25, -0.2) is 10.6 Å². The van der Waals surface area contributed by atoms with Gasteiger partial charge in [0.25, 0.3) is 0 Å². The number of rotatable bonds is 2. The van der Waals surface area contributed by atoms with Crippen molar-refractivity contribution < 1.29 is 18.0 Å². The quantitative estimate of drug-likeness (QED) is 0.506. The van der Waals surface area contributed by atoms with E-state index in [9.17, 15) is 18.0 Å². The number of urea groups is 1. The molecule has 0 aromatic heterocycles. The maximum atomic E-state index is 13.1. The third kappa shape index (κ3) is 3.14. The lowest BCUT2D eigenvalue weighted by molar-refractivity contribution is -0.137. The van der Waals surface area contributed by atoms with E-state index in [0.717, 1.165) is 11.0 Å². The molecule has 0 bridgehead atoms. The maximum absolute atomic E-state index is 13.1. The molecule has 0 heterocycles. The highest BCUT2D eigenvalue weighted by Crippen LogP contribution is 2.38. The summed E-state index contributed by atoms with van der Waals surface area (Å²) in [4.78, 5) is 12.8. The summed E-state index contributed by atoms with van der Waals surface area (Å²) in [6.07, 6.45) is -4.58. The molecule has 0 atom stereocenters. The number of amides is 2. The monoisotopic (exact) mass is 295 g/mol. The number of nitrogens with zero attached hydrogens (tertiary/aromatic N) is 1. The molecule has 21 heavy (non-hydrogen) atoms. The Morgan fingerprint density at radius 1 is 1.00 bits per heavy atom. The molecule has 3 N–H and O–H groups in total. The Morgan fingerprint density at radius 3 is 2.14 bits per heavy atom.